The molecule has 0 heterocycles. The Kier molecular flexibility index (Phi) is 6.58. The van der Waals surface area contributed by atoms with E-state index in [0.717, 1.165) is 32.1 Å². The quantitative estimate of drug-likeness (QED) is 0.316. The van der Waals surface area contributed by atoms with Crippen molar-refractivity contribution in [3.05, 3.63) is 0 Å². The van der Waals surface area contributed by atoms with Crippen molar-refractivity contribution >= 4 is 23.0 Å². The van der Waals surface area contributed by atoms with Crippen molar-refractivity contribution in [3.63, 3.8) is 0 Å². The van der Waals surface area contributed by atoms with Crippen LogP contribution in [0.1, 0.15) is 92.4 Å². The molecule has 0 amide bonds. The molecule has 0 aromatic heterocycles. The highest BCUT2D eigenvalue weighted by atomic mass is 127. The lowest BCUT2D eigenvalue weighted by atomic mass is 9.43. The van der Waals surface area contributed by atoms with E-state index in [-0.39, 0.29) is 16.9 Å². The van der Waals surface area contributed by atoms with Crippen molar-refractivity contribution in [1.82, 2.24) is 0 Å². The summed E-state index contributed by atoms with van der Waals surface area (Å²) in [5, 5.41) is 0. The van der Waals surface area contributed by atoms with Gasteiger partial charge in [-0.1, -0.05) is 27.7 Å². The van der Waals surface area contributed by atoms with Crippen molar-refractivity contribution < 1.29 is 21.0 Å². The number of fused-ring (bicyclic) bond motifs is 5. The lowest BCUT2D eigenvalue weighted by molar-refractivity contribution is -0.232. The van der Waals surface area contributed by atoms with Crippen molar-refractivity contribution in [1.29, 1.82) is 0 Å². The van der Waals surface area contributed by atoms with Gasteiger partial charge in [-0.05, 0) is 105 Å². The van der Waals surface area contributed by atoms with Crippen LogP contribution < -0.4 is 0 Å². The van der Waals surface area contributed by atoms with E-state index in [4.69, 9.17) is 7.80 Å². The first-order chi connectivity index (χ1) is 14.7. The number of alkyl halides is 3. The topological polar surface area (TPSA) is 18.5 Å². The minimum absolute atomic E-state index is 0.00865. The first kappa shape index (κ1) is 25.5. The molecule has 0 N–H and O–H groups in total. The number of methoxy groups -OCH3 is 1. The largest absolute Gasteiger partial charge is 0.416 e. The molecular formula is C26H42F3IO2. The van der Waals surface area contributed by atoms with Gasteiger partial charge in [0.25, 0.3) is 0 Å². The first-order valence-electron chi connectivity index (χ1n) is 12.6. The Morgan fingerprint density at radius 2 is 1.53 bits per heavy atom. The zero-order chi connectivity index (χ0) is 23.7. The predicted octanol–water partition coefficient (Wildman–Crippen LogP) is 8.37. The number of rotatable bonds is 4. The highest BCUT2D eigenvalue weighted by molar-refractivity contribution is 14.1. The normalized spacial score (nSPS) is 48.0. The molecule has 0 aromatic rings. The van der Waals surface area contributed by atoms with Gasteiger partial charge in [0.1, 0.15) is 23.0 Å². The second-order valence-electron chi connectivity index (χ2n) is 13.0. The molecule has 4 rings (SSSR count). The van der Waals surface area contributed by atoms with Gasteiger partial charge < -0.3 is 7.80 Å². The van der Waals surface area contributed by atoms with Gasteiger partial charge in [0.15, 0.2) is 6.10 Å². The minimum atomic E-state index is -4.34. The number of hydrogen-bond acceptors (Lipinski definition) is 2. The summed E-state index contributed by atoms with van der Waals surface area (Å²) < 4.78 is 52.6. The molecular weight excluding hydrogens is 528 g/mol. The van der Waals surface area contributed by atoms with Crippen molar-refractivity contribution in [3.8, 4) is 0 Å². The van der Waals surface area contributed by atoms with Crippen LogP contribution in [0.3, 0.4) is 0 Å². The van der Waals surface area contributed by atoms with Gasteiger partial charge in [0.2, 0.25) is 0 Å². The fraction of sp³-hybridized carbons (Fsp3) is 1.00. The van der Waals surface area contributed by atoms with Crippen LogP contribution in [0.25, 0.3) is 0 Å². The van der Waals surface area contributed by atoms with E-state index >= 15 is 0 Å². The van der Waals surface area contributed by atoms with Gasteiger partial charge in [0, 0.05) is 12.5 Å². The van der Waals surface area contributed by atoms with Crippen LogP contribution in [0, 0.1) is 45.8 Å². The average Bonchev–Trinajstić information content (AvgIpc) is 3.06. The highest BCUT2D eigenvalue weighted by Gasteiger charge is 2.65. The molecule has 0 bridgehead atoms. The van der Waals surface area contributed by atoms with Crippen LogP contribution in [0.4, 0.5) is 13.2 Å². The second-order valence-corrected chi connectivity index (χ2v) is 13.5. The molecule has 0 aromatic carbocycles. The summed E-state index contributed by atoms with van der Waals surface area (Å²) in [4.78, 5) is 0. The third-order valence-electron chi connectivity index (χ3n) is 11.4. The lowest BCUT2D eigenvalue weighted by Crippen LogP contribution is -2.57. The number of hydrogen-bond donors (Lipinski definition) is 0. The first-order valence-corrected chi connectivity index (χ1v) is 13.5. The molecule has 0 spiro atoms. The van der Waals surface area contributed by atoms with Crippen molar-refractivity contribution in [2.24, 2.45) is 45.8 Å². The molecule has 4 aliphatic rings. The molecule has 0 saturated heterocycles. The maximum Gasteiger partial charge on any atom is 0.416 e. The predicted molar refractivity (Wildman–Crippen MR) is 129 cm³/mol. The standard InChI is InChI=1S/C26H42F3IO2/c1-22(2,21(32-30)26(27,28)29)20-10-9-18-17-8-7-16-15-23(3,31-6)13-14-24(16,4)19(17)11-12-25(18,20)5/h16-21H,7-15H2,1-6H3/t16-,17+,18+,19+,20-,21+,23-,24+,25+/m1/s1. The van der Waals surface area contributed by atoms with E-state index in [1.807, 2.05) is 7.11 Å². The highest BCUT2D eigenvalue weighted by Crippen LogP contribution is 2.70. The molecule has 0 radical (unpaired) electrons. The van der Waals surface area contributed by atoms with E-state index in [1.165, 1.54) is 48.7 Å². The van der Waals surface area contributed by atoms with Crippen LogP contribution in [0.2, 0.25) is 0 Å². The van der Waals surface area contributed by atoms with E-state index in [0.29, 0.717) is 29.1 Å². The average molecular weight is 571 g/mol. The summed E-state index contributed by atoms with van der Waals surface area (Å²) in [6.45, 7) is 10.7. The van der Waals surface area contributed by atoms with Gasteiger partial charge >= 0.3 is 6.18 Å². The monoisotopic (exact) mass is 570 g/mol. The Balaban J connectivity index is 1.58. The minimum Gasteiger partial charge on any atom is -0.379 e. The van der Waals surface area contributed by atoms with Gasteiger partial charge in [-0.15, -0.1) is 0 Å². The van der Waals surface area contributed by atoms with E-state index in [2.05, 4.69) is 20.8 Å². The summed E-state index contributed by atoms with van der Waals surface area (Å²) in [6.07, 6.45) is 4.14. The van der Waals surface area contributed by atoms with E-state index in [9.17, 15) is 13.2 Å². The van der Waals surface area contributed by atoms with Crippen LogP contribution in [0.15, 0.2) is 0 Å². The van der Waals surface area contributed by atoms with E-state index in [1.54, 1.807) is 13.8 Å². The number of ether oxygens (including phenoxy) is 1. The molecule has 4 aliphatic carbocycles. The summed E-state index contributed by atoms with van der Waals surface area (Å²) in [5.41, 5.74) is -0.589. The number of halogens is 4. The molecule has 0 aliphatic heterocycles. The van der Waals surface area contributed by atoms with Gasteiger partial charge in [0.05, 0.1) is 5.60 Å². The summed E-state index contributed by atoms with van der Waals surface area (Å²) in [7, 11) is 1.86. The fourth-order valence-corrected chi connectivity index (χ4v) is 10.5. The Hall–Kier alpha value is 0.440. The van der Waals surface area contributed by atoms with Crippen molar-refractivity contribution in [2.45, 2.75) is 110 Å². The fourth-order valence-electron chi connectivity index (χ4n) is 9.59. The zero-order valence-electron chi connectivity index (χ0n) is 20.7. The van der Waals surface area contributed by atoms with Crippen LogP contribution in [-0.4, -0.2) is 25.0 Å². The van der Waals surface area contributed by atoms with Crippen LogP contribution in [-0.2, 0) is 7.80 Å². The summed E-state index contributed by atoms with van der Waals surface area (Å²) in [5.74, 6) is 2.66. The lowest BCUT2D eigenvalue weighted by Gasteiger charge is -2.63. The van der Waals surface area contributed by atoms with Crippen LogP contribution >= 0.6 is 23.0 Å². The molecule has 32 heavy (non-hydrogen) atoms. The Labute approximate surface area is 206 Å². The molecule has 2 nitrogen and oxygen atoms in total. The molecule has 4 saturated carbocycles. The zero-order valence-corrected chi connectivity index (χ0v) is 22.8. The van der Waals surface area contributed by atoms with Gasteiger partial charge in [-0.25, -0.2) is 0 Å². The van der Waals surface area contributed by atoms with Gasteiger partial charge in [-0.2, -0.15) is 13.2 Å². The van der Waals surface area contributed by atoms with E-state index < -0.39 is 17.7 Å². The molecule has 6 heteroatoms. The Morgan fingerprint density at radius 3 is 2.12 bits per heavy atom. The summed E-state index contributed by atoms with van der Waals surface area (Å²) in [6, 6.07) is 0. The van der Waals surface area contributed by atoms with Crippen molar-refractivity contribution in [2.75, 3.05) is 7.11 Å². The Bertz CT molecular complexity index is 712. The Morgan fingerprint density at radius 1 is 0.875 bits per heavy atom. The molecule has 4 fully saturated rings. The molecule has 0 unspecified atom stereocenters. The molecule has 186 valence electrons. The second kappa shape index (κ2) is 8.25. The third kappa shape index (κ3) is 3.79. The SMILES string of the molecule is CO[C@]1(C)CC[C@@]2(C)[C@H](CC[C@@H]3[C@@H]2CC[C@]2(C)[C@@H](C(C)(C)[C@H](OI)C(F)(F)F)CC[C@@H]32)C1. The summed E-state index contributed by atoms with van der Waals surface area (Å²) >= 11 is 1.47. The third-order valence-corrected chi connectivity index (χ3v) is 11.9. The maximum absolute atomic E-state index is 13.9. The smallest absolute Gasteiger partial charge is 0.379 e. The maximum atomic E-state index is 13.9. The van der Waals surface area contributed by atoms with Crippen LogP contribution in [0.5, 0.6) is 0 Å². The van der Waals surface area contributed by atoms with Gasteiger partial charge in [-0.3, -0.25) is 0 Å². The molecule has 9 atom stereocenters.